The Bertz CT molecular complexity index is 799. The van der Waals surface area contributed by atoms with Crippen molar-refractivity contribution in [2.45, 2.75) is 52.9 Å². The number of hydrogen-bond acceptors (Lipinski definition) is 4. The van der Waals surface area contributed by atoms with Gasteiger partial charge in [0.15, 0.2) is 0 Å². The lowest BCUT2D eigenvalue weighted by atomic mass is 9.68. The normalized spacial score (nSPS) is 23.7. The van der Waals surface area contributed by atoms with Gasteiger partial charge in [0.25, 0.3) is 0 Å². The zero-order valence-corrected chi connectivity index (χ0v) is 17.9. The fraction of sp³-hybridized carbons (Fsp3) is 0.591. The van der Waals surface area contributed by atoms with Gasteiger partial charge in [-0.05, 0) is 43.2 Å². The summed E-state index contributed by atoms with van der Waals surface area (Å²) in [5.74, 6) is 0.767. The van der Waals surface area contributed by atoms with Gasteiger partial charge in [0, 0.05) is 12.1 Å². The summed E-state index contributed by atoms with van der Waals surface area (Å²) >= 11 is 0. The molecule has 0 aliphatic carbocycles. The maximum Gasteiger partial charge on any atom is 0.332 e. The molecule has 1 aromatic heterocycles. The minimum absolute atomic E-state index is 0.0721. The molecule has 6 nitrogen and oxygen atoms in total. The molecule has 1 saturated heterocycles. The van der Waals surface area contributed by atoms with Crippen molar-refractivity contribution < 1.29 is 9.39 Å². The lowest BCUT2D eigenvalue weighted by Crippen LogP contribution is -2.67. The number of quaternary nitrogens is 1. The van der Waals surface area contributed by atoms with Crippen molar-refractivity contribution in [2.75, 3.05) is 26.2 Å². The zero-order valence-electron chi connectivity index (χ0n) is 17.9. The van der Waals surface area contributed by atoms with Crippen molar-refractivity contribution in [1.82, 2.24) is 20.4 Å². The highest BCUT2D eigenvalue weighted by Gasteiger charge is 2.47. The predicted octanol–water partition coefficient (Wildman–Crippen LogP) is 3.78. The topological polar surface area (TPSA) is 61.9 Å². The molecule has 0 spiro atoms. The van der Waals surface area contributed by atoms with E-state index in [1.54, 1.807) is 6.20 Å². The van der Waals surface area contributed by atoms with Gasteiger partial charge in [-0.2, -0.15) is 20.0 Å². The Hall–Kier alpha value is -2.05. The van der Waals surface area contributed by atoms with Crippen molar-refractivity contribution in [1.29, 1.82) is 0 Å². The SMILES string of the molecule is CCC(=O)[N+](CC)(CC)N1CCC(C)(c2cccc(-c3cn[nH]n3)c2)C(C)C1. The minimum Gasteiger partial charge on any atom is -0.229 e. The summed E-state index contributed by atoms with van der Waals surface area (Å²) in [6.07, 6.45) is 3.38. The van der Waals surface area contributed by atoms with Crippen LogP contribution in [0.25, 0.3) is 11.3 Å². The number of H-pyrrole nitrogens is 1. The molecule has 2 unspecified atom stereocenters. The molecule has 0 saturated carbocycles. The molecule has 1 amide bonds. The van der Waals surface area contributed by atoms with Gasteiger partial charge in [0.2, 0.25) is 0 Å². The van der Waals surface area contributed by atoms with Gasteiger partial charge >= 0.3 is 5.91 Å². The van der Waals surface area contributed by atoms with Gasteiger partial charge in [-0.15, -0.1) is 5.01 Å². The zero-order chi connectivity index (χ0) is 20.4. The van der Waals surface area contributed by atoms with E-state index in [0.29, 0.717) is 22.8 Å². The lowest BCUT2D eigenvalue weighted by Gasteiger charge is -2.51. The molecule has 152 valence electrons. The van der Waals surface area contributed by atoms with Gasteiger partial charge in [0.05, 0.1) is 19.2 Å². The van der Waals surface area contributed by atoms with Crippen LogP contribution in [0.15, 0.2) is 30.5 Å². The third-order valence-corrected chi connectivity index (χ3v) is 7.05. The molecule has 3 rings (SSSR count). The number of nitrogens with zero attached hydrogens (tertiary/aromatic N) is 4. The summed E-state index contributed by atoms with van der Waals surface area (Å²) in [5.41, 5.74) is 3.38. The summed E-state index contributed by atoms with van der Waals surface area (Å²) < 4.78 is 0.482. The molecule has 2 aromatic rings. The van der Waals surface area contributed by atoms with Crippen molar-refractivity contribution in [3.63, 3.8) is 0 Å². The Labute approximate surface area is 168 Å². The van der Waals surface area contributed by atoms with Crippen LogP contribution in [0.1, 0.15) is 53.0 Å². The molecular weight excluding hydrogens is 350 g/mol. The van der Waals surface area contributed by atoms with Crippen LogP contribution in [0.5, 0.6) is 0 Å². The first-order chi connectivity index (χ1) is 13.4. The molecule has 1 aliphatic heterocycles. The number of hydrogen-bond donors (Lipinski definition) is 1. The van der Waals surface area contributed by atoms with Crippen LogP contribution in [0.4, 0.5) is 0 Å². The highest BCUT2D eigenvalue weighted by atomic mass is 16.2. The smallest absolute Gasteiger partial charge is 0.229 e. The second-order valence-electron chi connectivity index (χ2n) is 8.22. The lowest BCUT2D eigenvalue weighted by molar-refractivity contribution is -0.968. The number of aromatic amines is 1. The van der Waals surface area contributed by atoms with Crippen molar-refractivity contribution in [3.8, 4) is 11.3 Å². The van der Waals surface area contributed by atoms with E-state index in [2.05, 4.69) is 72.4 Å². The first kappa shape index (κ1) is 20.7. The Morgan fingerprint density at radius 2 is 2.07 bits per heavy atom. The molecule has 28 heavy (non-hydrogen) atoms. The van der Waals surface area contributed by atoms with E-state index in [1.165, 1.54) is 5.56 Å². The van der Waals surface area contributed by atoms with Crippen LogP contribution in [-0.4, -0.2) is 57.1 Å². The average molecular weight is 385 g/mol. The minimum atomic E-state index is 0.0721. The van der Waals surface area contributed by atoms with Crippen LogP contribution in [0.2, 0.25) is 0 Å². The molecule has 6 heteroatoms. The number of benzene rings is 1. The van der Waals surface area contributed by atoms with Crippen molar-refractivity contribution in [3.05, 3.63) is 36.0 Å². The van der Waals surface area contributed by atoms with Crippen LogP contribution in [0.3, 0.4) is 0 Å². The summed E-state index contributed by atoms with van der Waals surface area (Å²) in [6, 6.07) is 8.68. The van der Waals surface area contributed by atoms with Gasteiger partial charge in [-0.1, -0.05) is 39.0 Å². The summed E-state index contributed by atoms with van der Waals surface area (Å²) in [7, 11) is 0. The number of carbonyl (C=O) groups excluding carboxylic acids is 1. The van der Waals surface area contributed by atoms with Crippen molar-refractivity contribution in [2.24, 2.45) is 5.92 Å². The summed E-state index contributed by atoms with van der Waals surface area (Å²) in [4.78, 5) is 12.8. The average Bonchev–Trinajstić information content (AvgIpc) is 3.26. The van der Waals surface area contributed by atoms with Crippen LogP contribution >= 0.6 is 0 Å². The maximum absolute atomic E-state index is 12.8. The molecule has 0 bridgehead atoms. The molecule has 1 N–H and O–H groups in total. The largest absolute Gasteiger partial charge is 0.332 e. The van der Waals surface area contributed by atoms with E-state index in [1.807, 2.05) is 6.92 Å². The molecule has 2 atom stereocenters. The molecule has 1 fully saturated rings. The first-order valence-electron chi connectivity index (χ1n) is 10.5. The highest BCUT2D eigenvalue weighted by Crippen LogP contribution is 2.41. The Morgan fingerprint density at radius 3 is 2.64 bits per heavy atom. The van der Waals surface area contributed by atoms with Crippen LogP contribution in [0, 0.1) is 5.92 Å². The third kappa shape index (κ3) is 3.40. The Kier molecular flexibility index (Phi) is 6.01. The first-order valence-corrected chi connectivity index (χ1v) is 10.5. The van der Waals surface area contributed by atoms with Gasteiger partial charge in [0.1, 0.15) is 18.8 Å². The number of rotatable bonds is 6. The molecular formula is C22H34N5O+. The van der Waals surface area contributed by atoms with E-state index in [9.17, 15) is 4.79 Å². The number of piperidine rings is 1. The quantitative estimate of drug-likeness (QED) is 0.770. The fourth-order valence-electron chi connectivity index (χ4n) is 4.80. The number of carbonyl (C=O) groups is 1. The second kappa shape index (κ2) is 8.13. The standard InChI is InChI=1S/C22H34N5O/c1-6-21(28)27(7-2,8-3)26-13-12-22(5,17(4)16-26)19-11-9-10-18(14-19)20-15-23-25-24-20/h9-11,14-15,17H,6-8,12-13,16H2,1-5H3,(H,23,24,25)/q+1. The number of aromatic nitrogens is 3. The predicted molar refractivity (Wildman–Crippen MR) is 111 cm³/mol. The molecule has 1 aromatic carbocycles. The number of amides is 1. The maximum atomic E-state index is 12.8. The fourth-order valence-corrected chi connectivity index (χ4v) is 4.80. The van der Waals surface area contributed by atoms with E-state index in [4.69, 9.17) is 0 Å². The van der Waals surface area contributed by atoms with Crippen LogP contribution in [-0.2, 0) is 10.2 Å². The van der Waals surface area contributed by atoms with Gasteiger partial charge < -0.3 is 0 Å². The third-order valence-electron chi connectivity index (χ3n) is 7.05. The Balaban J connectivity index is 1.87. The summed E-state index contributed by atoms with van der Waals surface area (Å²) in [5, 5.41) is 13.3. The van der Waals surface area contributed by atoms with E-state index < -0.39 is 0 Å². The van der Waals surface area contributed by atoms with Gasteiger partial charge in [-0.25, -0.2) is 4.79 Å². The van der Waals surface area contributed by atoms with Gasteiger partial charge in [-0.3, -0.25) is 0 Å². The van der Waals surface area contributed by atoms with E-state index >= 15 is 0 Å². The summed E-state index contributed by atoms with van der Waals surface area (Å²) in [6.45, 7) is 14.5. The highest BCUT2D eigenvalue weighted by molar-refractivity contribution is 5.68. The van der Waals surface area contributed by atoms with E-state index in [-0.39, 0.29) is 5.41 Å². The molecule has 1 aliphatic rings. The number of nitrogens with one attached hydrogen (secondary N) is 1. The monoisotopic (exact) mass is 384 g/mol. The van der Waals surface area contributed by atoms with Crippen molar-refractivity contribution >= 4 is 5.91 Å². The second-order valence-corrected chi connectivity index (χ2v) is 8.22. The van der Waals surface area contributed by atoms with E-state index in [0.717, 1.165) is 43.9 Å². The Morgan fingerprint density at radius 1 is 1.32 bits per heavy atom. The molecule has 0 radical (unpaired) electrons. The van der Waals surface area contributed by atoms with Crippen LogP contribution < -0.4 is 0 Å². The molecule has 2 heterocycles.